The van der Waals surface area contributed by atoms with E-state index in [4.69, 9.17) is 25.9 Å². The summed E-state index contributed by atoms with van der Waals surface area (Å²) in [6.45, 7) is 2.37. The molecule has 1 aliphatic heterocycles. The van der Waals surface area contributed by atoms with E-state index in [1.165, 1.54) is 0 Å². The Morgan fingerprint density at radius 1 is 1.47 bits per heavy atom. The van der Waals surface area contributed by atoms with Gasteiger partial charge in [-0.2, -0.15) is 9.83 Å². The fourth-order valence-electron chi connectivity index (χ4n) is 3.14. The first kappa shape index (κ1) is 23.4. The van der Waals surface area contributed by atoms with Gasteiger partial charge >= 0.3 is 11.9 Å². The molecule has 166 valence electrons. The first-order chi connectivity index (χ1) is 15.5. The van der Waals surface area contributed by atoms with Crippen molar-refractivity contribution in [1.82, 2.24) is 4.90 Å². The first-order valence-electron chi connectivity index (χ1n) is 9.78. The zero-order valence-corrected chi connectivity index (χ0v) is 18.6. The lowest BCUT2D eigenvalue weighted by atomic mass is 10.2. The standard InChI is InChI=1S/C22H20ClN3O5S/c23-17-3-4-19-18(13-17)26(8-7-22(28)29)20(31-19)5-1-16(14-24)2-6-21-25(10-12-32-21)9-11-30-15-27/h1-6,13,15H,7-12H2/p+1. The summed E-state index contributed by atoms with van der Waals surface area (Å²) in [5.74, 6) is 0.411. The second-order valence-corrected chi connectivity index (χ2v) is 8.27. The summed E-state index contributed by atoms with van der Waals surface area (Å²) in [6, 6.07) is 7.27. The van der Waals surface area contributed by atoms with Gasteiger partial charge in [-0.1, -0.05) is 11.6 Å². The average molecular weight is 475 g/mol. The minimum Gasteiger partial charge on any atom is -0.481 e. The van der Waals surface area contributed by atoms with Crippen LogP contribution in [0.1, 0.15) is 12.3 Å². The molecule has 0 atom stereocenters. The van der Waals surface area contributed by atoms with Crippen LogP contribution in [0.3, 0.4) is 0 Å². The van der Waals surface area contributed by atoms with Crippen LogP contribution < -0.4 is 4.57 Å². The van der Waals surface area contributed by atoms with E-state index >= 15 is 0 Å². The fraction of sp³-hybridized carbons (Fsp3) is 0.273. The van der Waals surface area contributed by atoms with E-state index in [9.17, 15) is 14.9 Å². The maximum absolute atomic E-state index is 11.1. The topological polar surface area (TPSA) is 108 Å². The predicted molar refractivity (Wildman–Crippen MR) is 121 cm³/mol. The molecule has 8 nitrogen and oxygen atoms in total. The first-order valence-corrected chi connectivity index (χ1v) is 11.1. The van der Waals surface area contributed by atoms with Crippen molar-refractivity contribution in [2.75, 3.05) is 25.4 Å². The number of benzene rings is 1. The molecule has 1 N–H and O–H groups in total. The number of carbonyl (C=O) groups excluding carboxylic acids is 1. The molecule has 0 spiro atoms. The molecule has 2 heterocycles. The number of fused-ring (bicyclic) bond motifs is 1. The van der Waals surface area contributed by atoms with Crippen LogP contribution in [0, 0.1) is 11.3 Å². The van der Waals surface area contributed by atoms with Gasteiger partial charge in [0.1, 0.15) is 13.0 Å². The Balaban J connectivity index is 1.83. The molecule has 1 aromatic heterocycles. The number of nitriles is 1. The number of carboxylic acid groups (broad SMARTS) is 1. The molecule has 0 bridgehead atoms. The number of halogens is 1. The lowest BCUT2D eigenvalue weighted by molar-refractivity contribution is -0.676. The van der Waals surface area contributed by atoms with Crippen LogP contribution in [-0.4, -0.2) is 47.9 Å². The van der Waals surface area contributed by atoms with E-state index in [2.05, 4.69) is 11.0 Å². The SMILES string of the molecule is N#CC(=C\C=C1/SCCN1CCOC=O)/C=C/c1oc2ccc(Cl)cc2[n+]1CCC(=O)O. The zero-order chi connectivity index (χ0) is 22.9. The van der Waals surface area contributed by atoms with E-state index in [0.717, 1.165) is 17.3 Å². The number of aliphatic carboxylic acids is 1. The van der Waals surface area contributed by atoms with Crippen LogP contribution in [0.25, 0.3) is 17.2 Å². The van der Waals surface area contributed by atoms with Crippen molar-refractivity contribution in [2.24, 2.45) is 0 Å². The number of aromatic nitrogens is 1. The van der Waals surface area contributed by atoms with Crippen molar-refractivity contribution >= 4 is 53.0 Å². The molecular formula is C22H21ClN3O5S+. The Morgan fingerprint density at radius 2 is 2.31 bits per heavy atom. The van der Waals surface area contributed by atoms with Crippen LogP contribution in [0.2, 0.25) is 5.02 Å². The number of aryl methyl sites for hydroxylation is 1. The van der Waals surface area contributed by atoms with E-state index < -0.39 is 5.97 Å². The minimum atomic E-state index is -0.926. The Bertz CT molecular complexity index is 1130. The normalized spacial score (nSPS) is 15.6. The van der Waals surface area contributed by atoms with Crippen LogP contribution in [-0.2, 0) is 20.9 Å². The largest absolute Gasteiger partial charge is 0.481 e. The van der Waals surface area contributed by atoms with Crippen LogP contribution in [0.5, 0.6) is 0 Å². The molecule has 2 aromatic rings. The summed E-state index contributed by atoms with van der Waals surface area (Å²) in [4.78, 5) is 23.5. The second-order valence-electron chi connectivity index (χ2n) is 6.72. The van der Waals surface area contributed by atoms with Gasteiger partial charge in [0.2, 0.25) is 5.58 Å². The lowest BCUT2D eigenvalue weighted by Gasteiger charge is -2.17. The van der Waals surface area contributed by atoms with Gasteiger partial charge in [0.25, 0.3) is 12.0 Å². The summed E-state index contributed by atoms with van der Waals surface area (Å²) in [6.07, 6.45) is 6.74. The highest BCUT2D eigenvalue weighted by Gasteiger charge is 2.22. The highest BCUT2D eigenvalue weighted by molar-refractivity contribution is 8.03. The van der Waals surface area contributed by atoms with Gasteiger partial charge in [0.05, 0.1) is 29.3 Å². The summed E-state index contributed by atoms with van der Waals surface area (Å²) < 4.78 is 12.3. The van der Waals surface area contributed by atoms with Crippen LogP contribution in [0.15, 0.2) is 51.4 Å². The zero-order valence-electron chi connectivity index (χ0n) is 17.1. The number of hydrogen-bond donors (Lipinski definition) is 1. The molecule has 1 aliphatic rings. The Labute approximate surface area is 194 Å². The third kappa shape index (κ3) is 6.15. The highest BCUT2D eigenvalue weighted by Crippen LogP contribution is 2.27. The number of hydrogen-bond acceptors (Lipinski definition) is 7. The van der Waals surface area contributed by atoms with Gasteiger partial charge in [-0.15, -0.1) is 11.8 Å². The Morgan fingerprint density at radius 3 is 3.06 bits per heavy atom. The maximum atomic E-state index is 11.1. The molecule has 1 fully saturated rings. The minimum absolute atomic E-state index is 0.0828. The third-order valence-corrected chi connectivity index (χ3v) is 5.96. The molecule has 3 rings (SSSR count). The Hall–Kier alpha value is -3.22. The monoisotopic (exact) mass is 474 g/mol. The number of oxazole rings is 1. The summed E-state index contributed by atoms with van der Waals surface area (Å²) >= 11 is 7.75. The number of carboxylic acids is 1. The van der Waals surface area contributed by atoms with Crippen LogP contribution in [0.4, 0.5) is 0 Å². The van der Waals surface area contributed by atoms with Gasteiger partial charge in [0.15, 0.2) is 6.54 Å². The molecular weight excluding hydrogens is 454 g/mol. The predicted octanol–water partition coefficient (Wildman–Crippen LogP) is 3.37. The van der Waals surface area contributed by atoms with Crippen molar-refractivity contribution < 1.29 is 28.4 Å². The smallest absolute Gasteiger partial charge is 0.374 e. The van der Waals surface area contributed by atoms with E-state index in [1.54, 1.807) is 52.8 Å². The molecule has 0 unspecified atom stereocenters. The van der Waals surface area contributed by atoms with Crippen molar-refractivity contribution in [3.05, 3.63) is 57.9 Å². The third-order valence-electron chi connectivity index (χ3n) is 4.65. The van der Waals surface area contributed by atoms with E-state index in [1.807, 2.05) is 6.08 Å². The number of rotatable bonds is 10. The molecule has 1 aromatic carbocycles. The van der Waals surface area contributed by atoms with Crippen molar-refractivity contribution in [1.29, 1.82) is 5.26 Å². The molecule has 0 radical (unpaired) electrons. The highest BCUT2D eigenvalue weighted by atomic mass is 35.5. The number of nitrogens with zero attached hydrogens (tertiary/aromatic N) is 3. The quantitative estimate of drug-likeness (QED) is 0.183. The van der Waals surface area contributed by atoms with Gasteiger partial charge in [-0.25, -0.2) is 0 Å². The van der Waals surface area contributed by atoms with E-state index in [0.29, 0.717) is 47.2 Å². The van der Waals surface area contributed by atoms with Gasteiger partial charge in [-0.05, 0) is 30.4 Å². The van der Waals surface area contributed by atoms with Crippen molar-refractivity contribution in [3.8, 4) is 6.07 Å². The van der Waals surface area contributed by atoms with Crippen molar-refractivity contribution in [3.63, 3.8) is 0 Å². The number of thioether (sulfide) groups is 1. The van der Waals surface area contributed by atoms with Gasteiger partial charge < -0.3 is 19.2 Å². The molecule has 32 heavy (non-hydrogen) atoms. The van der Waals surface area contributed by atoms with Crippen LogP contribution >= 0.6 is 23.4 Å². The maximum Gasteiger partial charge on any atom is 0.374 e. The van der Waals surface area contributed by atoms with Gasteiger partial charge in [0, 0.05) is 23.4 Å². The fourth-order valence-corrected chi connectivity index (χ4v) is 4.35. The molecule has 0 aliphatic carbocycles. The molecule has 0 amide bonds. The average Bonchev–Trinajstić information content (AvgIpc) is 3.36. The second kappa shape index (κ2) is 11.4. The van der Waals surface area contributed by atoms with Gasteiger partial charge in [-0.3, -0.25) is 9.59 Å². The number of carbonyl (C=O) groups is 2. The number of allylic oxidation sites excluding steroid dienone is 4. The number of ether oxygens (including phenoxy) is 1. The lowest BCUT2D eigenvalue weighted by Crippen LogP contribution is -2.36. The summed E-state index contributed by atoms with van der Waals surface area (Å²) in [7, 11) is 0. The summed E-state index contributed by atoms with van der Waals surface area (Å²) in [5.41, 5.74) is 1.65. The van der Waals surface area contributed by atoms with Crippen molar-refractivity contribution in [2.45, 2.75) is 13.0 Å². The molecule has 10 heteroatoms. The molecule has 1 saturated heterocycles. The molecule has 0 saturated carbocycles. The Kier molecular flexibility index (Phi) is 8.36. The summed E-state index contributed by atoms with van der Waals surface area (Å²) in [5, 5.41) is 20.1. The van der Waals surface area contributed by atoms with E-state index in [-0.39, 0.29) is 13.0 Å².